The summed E-state index contributed by atoms with van der Waals surface area (Å²) in [7, 11) is 0. The zero-order chi connectivity index (χ0) is 12.4. The normalized spacial score (nSPS) is 22.2. The maximum absolute atomic E-state index is 5.99. The summed E-state index contributed by atoms with van der Waals surface area (Å²) in [6.45, 7) is 1.52. The Morgan fingerprint density at radius 1 is 1.33 bits per heavy atom. The molecule has 1 aliphatic rings. The van der Waals surface area contributed by atoms with Crippen LogP contribution in [0.1, 0.15) is 30.7 Å². The molecule has 1 fully saturated rings. The third-order valence-electron chi connectivity index (χ3n) is 3.94. The van der Waals surface area contributed by atoms with Gasteiger partial charge in [0.15, 0.2) is 0 Å². The lowest BCUT2D eigenvalue weighted by Crippen LogP contribution is -2.31. The first-order valence-electron chi connectivity index (χ1n) is 6.78. The fourth-order valence-corrected chi connectivity index (χ4v) is 2.96. The molecule has 0 spiro atoms. The zero-order valence-electron chi connectivity index (χ0n) is 10.6. The van der Waals surface area contributed by atoms with Crippen LogP contribution in [-0.4, -0.2) is 24.2 Å². The number of benzene rings is 1. The smallest absolute Gasteiger partial charge is 0.0656 e. The van der Waals surface area contributed by atoms with Gasteiger partial charge in [-0.3, -0.25) is 0 Å². The molecule has 0 saturated carbocycles. The molecule has 2 aromatic rings. The summed E-state index contributed by atoms with van der Waals surface area (Å²) in [6.07, 6.45) is 5.94. The molecule has 18 heavy (non-hydrogen) atoms. The average molecular weight is 244 g/mol. The largest absolute Gasteiger partial charge is 0.378 e. The lowest BCUT2D eigenvalue weighted by molar-refractivity contribution is 0.000839. The summed E-state index contributed by atoms with van der Waals surface area (Å²) in [6, 6.07) is 8.40. The first-order valence-corrected chi connectivity index (χ1v) is 6.78. The summed E-state index contributed by atoms with van der Waals surface area (Å²) < 4.78 is 5.91. The molecule has 2 unspecified atom stereocenters. The number of para-hydroxylation sites is 1. The third-order valence-corrected chi connectivity index (χ3v) is 3.94. The Hall–Kier alpha value is -1.32. The molecule has 0 aliphatic carbocycles. The fraction of sp³-hybridized carbons (Fsp3) is 0.467. The van der Waals surface area contributed by atoms with E-state index in [1.54, 1.807) is 0 Å². The van der Waals surface area contributed by atoms with E-state index in [-0.39, 0.29) is 6.10 Å². The van der Waals surface area contributed by atoms with Crippen molar-refractivity contribution in [2.75, 3.05) is 13.2 Å². The molecule has 3 heteroatoms. The maximum Gasteiger partial charge on any atom is 0.0656 e. The van der Waals surface area contributed by atoms with Gasteiger partial charge < -0.3 is 15.5 Å². The first kappa shape index (κ1) is 11.8. The molecule has 1 aliphatic heterocycles. The molecule has 96 valence electrons. The van der Waals surface area contributed by atoms with Gasteiger partial charge in [0.2, 0.25) is 0 Å². The molecule has 1 saturated heterocycles. The summed E-state index contributed by atoms with van der Waals surface area (Å²) in [5, 5.41) is 1.28. The van der Waals surface area contributed by atoms with Crippen LogP contribution in [0.4, 0.5) is 0 Å². The van der Waals surface area contributed by atoms with Crippen molar-refractivity contribution >= 4 is 10.9 Å². The van der Waals surface area contributed by atoms with Crippen molar-refractivity contribution in [3.8, 4) is 0 Å². The van der Waals surface area contributed by atoms with Crippen LogP contribution >= 0.6 is 0 Å². The predicted molar refractivity (Wildman–Crippen MR) is 73.7 cm³/mol. The highest BCUT2D eigenvalue weighted by Crippen LogP contribution is 2.32. The number of rotatable bonds is 3. The number of fused-ring (bicyclic) bond motifs is 1. The number of aromatic amines is 1. The molecule has 1 aromatic heterocycles. The van der Waals surface area contributed by atoms with E-state index < -0.39 is 0 Å². The number of nitrogens with one attached hydrogen (secondary N) is 1. The van der Waals surface area contributed by atoms with Crippen LogP contribution in [-0.2, 0) is 4.74 Å². The Bertz CT molecular complexity index is 514. The number of aromatic nitrogens is 1. The van der Waals surface area contributed by atoms with E-state index in [9.17, 15) is 0 Å². The SMILES string of the molecule is NCC(c1c[nH]c2ccccc12)C1CCCCO1. The van der Waals surface area contributed by atoms with Gasteiger partial charge in [-0.15, -0.1) is 0 Å². The molecule has 3 nitrogen and oxygen atoms in total. The van der Waals surface area contributed by atoms with Gasteiger partial charge >= 0.3 is 0 Å². The van der Waals surface area contributed by atoms with Gasteiger partial charge in [-0.2, -0.15) is 0 Å². The van der Waals surface area contributed by atoms with Gasteiger partial charge in [-0.05, 0) is 30.9 Å². The molecule has 3 N–H and O–H groups in total. The average Bonchev–Trinajstić information content (AvgIpc) is 2.85. The molecule has 0 amide bonds. The Morgan fingerprint density at radius 3 is 3.00 bits per heavy atom. The Kier molecular flexibility index (Phi) is 3.35. The summed E-state index contributed by atoms with van der Waals surface area (Å²) in [5.74, 6) is 0.307. The Labute approximate surface area is 107 Å². The van der Waals surface area contributed by atoms with Crippen molar-refractivity contribution in [3.05, 3.63) is 36.0 Å². The van der Waals surface area contributed by atoms with Gasteiger partial charge in [-0.1, -0.05) is 18.2 Å². The van der Waals surface area contributed by atoms with Crippen LogP contribution in [0.25, 0.3) is 10.9 Å². The molecule has 2 heterocycles. The standard InChI is InChI=1S/C15H20N2O/c16-9-12(15-7-3-4-8-18-15)13-10-17-14-6-2-1-5-11(13)14/h1-2,5-6,10,12,15,17H,3-4,7-9,16H2. The van der Waals surface area contributed by atoms with Crippen molar-refractivity contribution in [2.45, 2.75) is 31.3 Å². The van der Waals surface area contributed by atoms with Gasteiger partial charge in [0.1, 0.15) is 0 Å². The highest BCUT2D eigenvalue weighted by atomic mass is 16.5. The highest BCUT2D eigenvalue weighted by molar-refractivity contribution is 5.83. The fourth-order valence-electron chi connectivity index (χ4n) is 2.96. The van der Waals surface area contributed by atoms with E-state index >= 15 is 0 Å². The Balaban J connectivity index is 1.95. The van der Waals surface area contributed by atoms with Crippen LogP contribution in [0.15, 0.2) is 30.5 Å². The van der Waals surface area contributed by atoms with Crippen LogP contribution in [0, 0.1) is 0 Å². The van der Waals surface area contributed by atoms with Crippen molar-refractivity contribution in [1.82, 2.24) is 4.98 Å². The van der Waals surface area contributed by atoms with Gasteiger partial charge in [0.25, 0.3) is 0 Å². The van der Waals surface area contributed by atoms with Crippen molar-refractivity contribution in [3.63, 3.8) is 0 Å². The minimum atomic E-state index is 0.281. The minimum Gasteiger partial charge on any atom is -0.378 e. The molecule has 1 aromatic carbocycles. The van der Waals surface area contributed by atoms with E-state index in [0.29, 0.717) is 12.5 Å². The monoisotopic (exact) mass is 244 g/mol. The van der Waals surface area contributed by atoms with Crippen molar-refractivity contribution in [1.29, 1.82) is 0 Å². The molecule has 0 radical (unpaired) electrons. The van der Waals surface area contributed by atoms with Crippen molar-refractivity contribution in [2.24, 2.45) is 5.73 Å². The maximum atomic E-state index is 5.99. The second kappa shape index (κ2) is 5.12. The van der Waals surface area contributed by atoms with Gasteiger partial charge in [-0.25, -0.2) is 0 Å². The minimum absolute atomic E-state index is 0.281. The molecule has 3 rings (SSSR count). The topological polar surface area (TPSA) is 51.0 Å². The number of nitrogens with two attached hydrogens (primary N) is 1. The number of H-pyrrole nitrogens is 1. The van der Waals surface area contributed by atoms with E-state index in [4.69, 9.17) is 10.5 Å². The quantitative estimate of drug-likeness (QED) is 0.872. The highest BCUT2D eigenvalue weighted by Gasteiger charge is 2.26. The zero-order valence-corrected chi connectivity index (χ0v) is 10.6. The van der Waals surface area contributed by atoms with Gasteiger partial charge in [0.05, 0.1) is 6.10 Å². The van der Waals surface area contributed by atoms with E-state index in [0.717, 1.165) is 13.0 Å². The third kappa shape index (κ3) is 2.04. The van der Waals surface area contributed by atoms with E-state index in [1.165, 1.54) is 29.3 Å². The number of hydrogen-bond donors (Lipinski definition) is 2. The van der Waals surface area contributed by atoms with Crippen LogP contribution in [0.3, 0.4) is 0 Å². The van der Waals surface area contributed by atoms with Crippen LogP contribution in [0.2, 0.25) is 0 Å². The van der Waals surface area contributed by atoms with E-state index in [2.05, 4.69) is 35.4 Å². The Morgan fingerprint density at radius 2 is 2.22 bits per heavy atom. The van der Waals surface area contributed by atoms with Crippen LogP contribution < -0.4 is 5.73 Å². The molecule has 0 bridgehead atoms. The lowest BCUT2D eigenvalue weighted by Gasteiger charge is -2.29. The first-order chi connectivity index (χ1) is 8.90. The molecular formula is C15H20N2O. The summed E-state index contributed by atoms with van der Waals surface area (Å²) in [5.41, 5.74) is 8.48. The number of ether oxygens (including phenoxy) is 1. The van der Waals surface area contributed by atoms with E-state index in [1.807, 2.05) is 0 Å². The number of hydrogen-bond acceptors (Lipinski definition) is 2. The second-order valence-electron chi connectivity index (χ2n) is 5.04. The lowest BCUT2D eigenvalue weighted by atomic mass is 9.89. The molecular weight excluding hydrogens is 224 g/mol. The predicted octanol–water partition coefficient (Wildman–Crippen LogP) is 2.78. The summed E-state index contributed by atoms with van der Waals surface area (Å²) >= 11 is 0. The van der Waals surface area contributed by atoms with Crippen LogP contribution in [0.5, 0.6) is 0 Å². The van der Waals surface area contributed by atoms with Gasteiger partial charge in [0, 0.05) is 36.2 Å². The summed E-state index contributed by atoms with van der Waals surface area (Å²) in [4.78, 5) is 3.33. The van der Waals surface area contributed by atoms with Crippen molar-refractivity contribution < 1.29 is 4.74 Å². The second-order valence-corrected chi connectivity index (χ2v) is 5.04. The molecule has 2 atom stereocenters.